The lowest BCUT2D eigenvalue weighted by molar-refractivity contribution is 0.272. The molecule has 0 saturated carbocycles. The monoisotopic (exact) mass is 309 g/mol. The number of benzene rings is 1. The van der Waals surface area contributed by atoms with Crippen LogP contribution in [0.5, 0.6) is 5.75 Å². The Morgan fingerprint density at radius 1 is 0.952 bits per heavy atom. The van der Waals surface area contributed by atoms with Gasteiger partial charge in [0.2, 0.25) is 0 Å². The van der Waals surface area contributed by atoms with Gasteiger partial charge in [0.15, 0.2) is 0 Å². The van der Waals surface area contributed by atoms with Crippen LogP contribution in [0.2, 0.25) is 5.02 Å². The predicted molar refractivity (Wildman–Crippen MR) is 90.3 cm³/mol. The van der Waals surface area contributed by atoms with Crippen LogP contribution in [-0.2, 0) is 0 Å². The van der Waals surface area contributed by atoms with Gasteiger partial charge in [-0.15, -0.1) is 0 Å². The summed E-state index contributed by atoms with van der Waals surface area (Å²) in [5.74, 6) is 0.882. The van der Waals surface area contributed by atoms with Crippen LogP contribution in [0.15, 0.2) is 24.3 Å². The molecule has 21 heavy (non-hydrogen) atoms. The van der Waals surface area contributed by atoms with Crippen molar-refractivity contribution in [2.45, 2.75) is 51.4 Å². The van der Waals surface area contributed by atoms with E-state index in [2.05, 4.69) is 4.90 Å². The SMILES string of the molecule is Clc1cccc(OCCCCCCN2CCCCCC2)c1. The quantitative estimate of drug-likeness (QED) is 0.615. The van der Waals surface area contributed by atoms with Gasteiger partial charge >= 0.3 is 0 Å². The molecule has 0 aliphatic carbocycles. The summed E-state index contributed by atoms with van der Waals surface area (Å²) in [4.78, 5) is 2.65. The molecule has 0 aromatic heterocycles. The Kier molecular flexibility index (Phi) is 7.98. The van der Waals surface area contributed by atoms with E-state index >= 15 is 0 Å². The molecule has 0 spiro atoms. The summed E-state index contributed by atoms with van der Waals surface area (Å²) < 4.78 is 5.71. The van der Waals surface area contributed by atoms with Gasteiger partial charge in [0, 0.05) is 5.02 Å². The Balaban J connectivity index is 1.46. The zero-order valence-corrected chi connectivity index (χ0v) is 13.8. The highest BCUT2D eigenvalue weighted by atomic mass is 35.5. The molecule has 0 atom stereocenters. The Morgan fingerprint density at radius 3 is 2.48 bits per heavy atom. The first-order valence-electron chi connectivity index (χ1n) is 8.45. The molecular weight excluding hydrogens is 282 g/mol. The first-order chi connectivity index (χ1) is 10.3. The molecule has 1 aromatic carbocycles. The highest BCUT2D eigenvalue weighted by Gasteiger charge is 2.07. The Bertz CT molecular complexity index is 389. The second-order valence-electron chi connectivity index (χ2n) is 5.98. The maximum atomic E-state index is 5.93. The fraction of sp³-hybridized carbons (Fsp3) is 0.667. The van der Waals surface area contributed by atoms with Gasteiger partial charge in [0.1, 0.15) is 5.75 Å². The summed E-state index contributed by atoms with van der Waals surface area (Å²) in [6, 6.07) is 7.64. The van der Waals surface area contributed by atoms with Crippen LogP contribution in [0, 0.1) is 0 Å². The van der Waals surface area contributed by atoms with E-state index < -0.39 is 0 Å². The maximum Gasteiger partial charge on any atom is 0.120 e. The topological polar surface area (TPSA) is 12.5 Å². The molecule has 1 heterocycles. The molecule has 2 nitrogen and oxygen atoms in total. The summed E-state index contributed by atoms with van der Waals surface area (Å²) >= 11 is 5.93. The van der Waals surface area contributed by atoms with E-state index in [9.17, 15) is 0 Å². The van der Waals surface area contributed by atoms with Crippen molar-refractivity contribution in [1.82, 2.24) is 4.90 Å². The van der Waals surface area contributed by atoms with Gasteiger partial charge in [0.05, 0.1) is 6.61 Å². The van der Waals surface area contributed by atoms with Crippen LogP contribution in [0.4, 0.5) is 0 Å². The van der Waals surface area contributed by atoms with Crippen molar-refractivity contribution in [3.8, 4) is 5.75 Å². The summed E-state index contributed by atoms with van der Waals surface area (Å²) in [6.07, 6.45) is 10.7. The summed E-state index contributed by atoms with van der Waals surface area (Å²) in [7, 11) is 0. The normalized spacial score (nSPS) is 16.6. The molecule has 0 radical (unpaired) electrons. The smallest absolute Gasteiger partial charge is 0.120 e. The van der Waals surface area contributed by atoms with E-state index in [4.69, 9.17) is 16.3 Å². The lowest BCUT2D eigenvalue weighted by atomic mass is 10.2. The van der Waals surface area contributed by atoms with Crippen molar-refractivity contribution in [2.24, 2.45) is 0 Å². The standard InChI is InChI=1S/C18H28ClNO/c19-17-10-9-11-18(16-17)21-15-8-4-3-7-14-20-12-5-1-2-6-13-20/h9-11,16H,1-8,12-15H2. The molecule has 0 amide bonds. The Labute approximate surface area is 134 Å². The van der Waals surface area contributed by atoms with Gasteiger partial charge in [0.25, 0.3) is 0 Å². The minimum absolute atomic E-state index is 0.741. The number of unbranched alkanes of at least 4 members (excludes halogenated alkanes) is 3. The average molecular weight is 310 g/mol. The number of likely N-dealkylation sites (tertiary alicyclic amines) is 1. The number of rotatable bonds is 8. The van der Waals surface area contributed by atoms with E-state index in [1.165, 1.54) is 64.6 Å². The van der Waals surface area contributed by atoms with Crippen LogP contribution in [0.1, 0.15) is 51.4 Å². The number of hydrogen-bond donors (Lipinski definition) is 0. The second-order valence-corrected chi connectivity index (χ2v) is 6.41. The second kappa shape index (κ2) is 10.1. The van der Waals surface area contributed by atoms with E-state index in [-0.39, 0.29) is 0 Å². The van der Waals surface area contributed by atoms with Crippen LogP contribution in [0.3, 0.4) is 0 Å². The van der Waals surface area contributed by atoms with Crippen molar-refractivity contribution in [1.29, 1.82) is 0 Å². The molecule has 0 bridgehead atoms. The molecule has 1 aliphatic rings. The van der Waals surface area contributed by atoms with Crippen LogP contribution >= 0.6 is 11.6 Å². The first-order valence-corrected chi connectivity index (χ1v) is 8.83. The van der Waals surface area contributed by atoms with E-state index in [0.717, 1.165) is 23.8 Å². The van der Waals surface area contributed by atoms with Crippen LogP contribution in [-0.4, -0.2) is 31.1 Å². The molecule has 0 unspecified atom stereocenters. The minimum Gasteiger partial charge on any atom is -0.494 e. The molecule has 1 fully saturated rings. The zero-order chi connectivity index (χ0) is 14.8. The van der Waals surface area contributed by atoms with Gasteiger partial charge in [-0.25, -0.2) is 0 Å². The Hall–Kier alpha value is -0.730. The van der Waals surface area contributed by atoms with Gasteiger partial charge in [-0.3, -0.25) is 0 Å². The summed E-state index contributed by atoms with van der Waals surface area (Å²) in [6.45, 7) is 4.72. The molecule has 1 saturated heterocycles. The number of halogens is 1. The minimum atomic E-state index is 0.741. The molecule has 1 aromatic rings. The third-order valence-electron chi connectivity index (χ3n) is 4.13. The molecule has 118 valence electrons. The molecule has 1 aliphatic heterocycles. The van der Waals surface area contributed by atoms with E-state index in [1.54, 1.807) is 0 Å². The van der Waals surface area contributed by atoms with Crippen molar-refractivity contribution >= 4 is 11.6 Å². The third-order valence-corrected chi connectivity index (χ3v) is 4.37. The molecule has 3 heteroatoms. The molecular formula is C18H28ClNO. The fourth-order valence-corrected chi connectivity index (χ4v) is 3.08. The lowest BCUT2D eigenvalue weighted by Crippen LogP contribution is -2.25. The number of hydrogen-bond acceptors (Lipinski definition) is 2. The van der Waals surface area contributed by atoms with Gasteiger partial charge in [-0.05, 0) is 63.5 Å². The lowest BCUT2D eigenvalue weighted by Gasteiger charge is -2.19. The first kappa shape index (κ1) is 16.6. The highest BCUT2D eigenvalue weighted by molar-refractivity contribution is 6.30. The van der Waals surface area contributed by atoms with Crippen LogP contribution in [0.25, 0.3) is 0 Å². The van der Waals surface area contributed by atoms with Gasteiger partial charge < -0.3 is 9.64 Å². The molecule has 2 rings (SSSR count). The maximum absolute atomic E-state index is 5.93. The predicted octanol–water partition coefficient (Wildman–Crippen LogP) is 5.16. The zero-order valence-electron chi connectivity index (χ0n) is 13.0. The average Bonchev–Trinajstić information content (AvgIpc) is 2.75. The summed E-state index contributed by atoms with van der Waals surface area (Å²) in [5.41, 5.74) is 0. The van der Waals surface area contributed by atoms with E-state index in [0.29, 0.717) is 0 Å². The fourth-order valence-electron chi connectivity index (χ4n) is 2.90. The Morgan fingerprint density at radius 2 is 1.71 bits per heavy atom. The number of ether oxygens (including phenoxy) is 1. The van der Waals surface area contributed by atoms with Gasteiger partial charge in [-0.2, -0.15) is 0 Å². The largest absolute Gasteiger partial charge is 0.494 e. The van der Waals surface area contributed by atoms with Crippen LogP contribution < -0.4 is 4.74 Å². The molecule has 0 N–H and O–H groups in total. The van der Waals surface area contributed by atoms with E-state index in [1.807, 2.05) is 24.3 Å². The number of nitrogens with zero attached hydrogens (tertiary/aromatic N) is 1. The highest BCUT2D eigenvalue weighted by Crippen LogP contribution is 2.17. The van der Waals surface area contributed by atoms with Crippen molar-refractivity contribution in [2.75, 3.05) is 26.2 Å². The third kappa shape index (κ3) is 7.19. The van der Waals surface area contributed by atoms with Gasteiger partial charge in [-0.1, -0.05) is 43.4 Å². The van der Waals surface area contributed by atoms with Crippen molar-refractivity contribution in [3.63, 3.8) is 0 Å². The van der Waals surface area contributed by atoms with Crippen molar-refractivity contribution in [3.05, 3.63) is 29.3 Å². The summed E-state index contributed by atoms with van der Waals surface area (Å²) in [5, 5.41) is 0.741. The van der Waals surface area contributed by atoms with Crippen molar-refractivity contribution < 1.29 is 4.74 Å².